The highest BCUT2D eigenvalue weighted by atomic mass is 15.2. The number of rotatable bonds is 3. The minimum Gasteiger partial charge on any atom is -0.384 e. The Hall–Kier alpha value is -3.72. The Kier molecular flexibility index (Phi) is 6.40. The molecule has 2 aromatic carbocycles. The third-order valence-corrected chi connectivity index (χ3v) is 3.43. The molecule has 3 N–H and O–H groups in total. The molecule has 3 rings (SSSR count). The van der Waals surface area contributed by atoms with Crippen molar-refractivity contribution in [3.05, 3.63) is 78.0 Å². The third-order valence-electron chi connectivity index (χ3n) is 3.43. The van der Waals surface area contributed by atoms with Crippen LogP contribution in [-0.4, -0.2) is 29.9 Å². The number of benzene rings is 2. The van der Waals surface area contributed by atoms with Crippen molar-refractivity contribution in [2.45, 2.75) is 0 Å². The van der Waals surface area contributed by atoms with Gasteiger partial charge in [0.05, 0.1) is 6.20 Å². The second-order valence-corrected chi connectivity index (χ2v) is 5.58. The number of nitrogens with one attached hydrogen (secondary N) is 1. The van der Waals surface area contributed by atoms with Gasteiger partial charge in [-0.25, -0.2) is 9.97 Å². The van der Waals surface area contributed by atoms with Crippen LogP contribution in [-0.2, 0) is 0 Å². The van der Waals surface area contributed by atoms with Crippen molar-refractivity contribution in [1.29, 1.82) is 10.7 Å². The molecule has 0 saturated heterocycles. The summed E-state index contributed by atoms with van der Waals surface area (Å²) in [6.07, 6.45) is 1.56. The number of nitriles is 1. The molecule has 0 aliphatic heterocycles. The normalized spacial score (nSPS) is 9.42. The Morgan fingerprint density at radius 2 is 1.62 bits per heavy atom. The van der Waals surface area contributed by atoms with Crippen molar-refractivity contribution in [2.24, 2.45) is 5.73 Å². The van der Waals surface area contributed by atoms with Gasteiger partial charge in [0.2, 0.25) is 0 Å². The summed E-state index contributed by atoms with van der Waals surface area (Å²) in [4.78, 5) is 10.4. The van der Waals surface area contributed by atoms with Crippen molar-refractivity contribution in [3.8, 4) is 17.5 Å². The number of amidine groups is 1. The van der Waals surface area contributed by atoms with E-state index in [1.807, 2.05) is 79.7 Å². The van der Waals surface area contributed by atoms with Gasteiger partial charge in [-0.15, -0.1) is 0 Å². The number of nitrogens with zero attached hydrogens (tertiary/aromatic N) is 4. The van der Waals surface area contributed by atoms with E-state index in [1.165, 1.54) is 0 Å². The second kappa shape index (κ2) is 8.94. The highest BCUT2D eigenvalue weighted by molar-refractivity contribution is 5.94. The molecule has 0 saturated carbocycles. The molecule has 3 aromatic rings. The van der Waals surface area contributed by atoms with Crippen LogP contribution in [0.3, 0.4) is 0 Å². The largest absolute Gasteiger partial charge is 0.384 e. The van der Waals surface area contributed by atoms with Gasteiger partial charge in [-0.05, 0) is 0 Å². The zero-order chi connectivity index (χ0) is 18.9. The van der Waals surface area contributed by atoms with Crippen molar-refractivity contribution in [3.63, 3.8) is 0 Å². The van der Waals surface area contributed by atoms with E-state index in [1.54, 1.807) is 6.20 Å². The fourth-order valence-electron chi connectivity index (χ4n) is 2.14. The van der Waals surface area contributed by atoms with Gasteiger partial charge >= 0.3 is 0 Å². The number of hydrogen-bond acceptors (Lipinski definition) is 5. The first-order valence-corrected chi connectivity index (χ1v) is 7.92. The molecule has 0 bridgehead atoms. The van der Waals surface area contributed by atoms with Crippen molar-refractivity contribution in [2.75, 3.05) is 19.0 Å². The summed E-state index contributed by atoms with van der Waals surface area (Å²) in [6.45, 7) is 0. The van der Waals surface area contributed by atoms with E-state index in [4.69, 9.17) is 16.4 Å². The molecule has 0 atom stereocenters. The molecule has 0 radical (unpaired) electrons. The molecule has 26 heavy (non-hydrogen) atoms. The lowest BCUT2D eigenvalue weighted by molar-refractivity contribution is 1.03. The zero-order valence-electron chi connectivity index (χ0n) is 14.7. The maximum absolute atomic E-state index is 8.97. The molecule has 0 spiro atoms. The molecule has 0 aliphatic carbocycles. The number of nitrogen functional groups attached to an aromatic ring is 1. The molecule has 1 aromatic heterocycles. The standard InChI is InChI=1S/C13H12N4.C7H8N2/c1-17(2)13-11(8-14)9-15-12(16-13)10-6-4-3-5-7-10;8-7(9)6-4-2-1-3-5-6/h3-7,9H,1-2H3;1-5H,(H3,8,9). The fourth-order valence-corrected chi connectivity index (χ4v) is 2.14. The van der Waals surface area contributed by atoms with Crippen LogP contribution in [0.25, 0.3) is 11.4 Å². The van der Waals surface area contributed by atoms with E-state index in [2.05, 4.69) is 16.0 Å². The Morgan fingerprint density at radius 3 is 2.08 bits per heavy atom. The fraction of sp³-hybridized carbons (Fsp3) is 0.100. The van der Waals surface area contributed by atoms with Gasteiger partial charge in [0.1, 0.15) is 23.3 Å². The monoisotopic (exact) mass is 344 g/mol. The summed E-state index contributed by atoms with van der Waals surface area (Å²) < 4.78 is 0. The maximum Gasteiger partial charge on any atom is 0.161 e. The smallest absolute Gasteiger partial charge is 0.161 e. The first-order valence-electron chi connectivity index (χ1n) is 7.92. The van der Waals surface area contributed by atoms with Gasteiger partial charge < -0.3 is 10.6 Å². The van der Waals surface area contributed by atoms with Gasteiger partial charge in [-0.2, -0.15) is 5.26 Å². The Balaban J connectivity index is 0.000000228. The van der Waals surface area contributed by atoms with Crippen LogP contribution in [0, 0.1) is 16.7 Å². The van der Waals surface area contributed by atoms with Crippen LogP contribution in [0.2, 0.25) is 0 Å². The molecule has 1 heterocycles. The SMILES string of the molecule is CN(C)c1nc(-c2ccccc2)ncc1C#N.N=C(N)c1ccccc1. The number of nitrogens with two attached hydrogens (primary N) is 1. The Morgan fingerprint density at radius 1 is 1.04 bits per heavy atom. The molecular weight excluding hydrogens is 324 g/mol. The lowest BCUT2D eigenvalue weighted by Crippen LogP contribution is -2.13. The third kappa shape index (κ3) is 4.89. The van der Waals surface area contributed by atoms with Crippen molar-refractivity contribution >= 4 is 11.7 Å². The minimum atomic E-state index is 0.121. The Labute approximate surface area is 153 Å². The zero-order valence-corrected chi connectivity index (χ0v) is 14.7. The summed E-state index contributed by atoms with van der Waals surface area (Å²) in [6, 6.07) is 21.0. The first-order chi connectivity index (χ1) is 12.5. The molecular formula is C20H20N6. The van der Waals surface area contributed by atoms with Crippen LogP contribution in [0.5, 0.6) is 0 Å². The lowest BCUT2D eigenvalue weighted by Gasteiger charge is -2.13. The van der Waals surface area contributed by atoms with Gasteiger partial charge in [0.15, 0.2) is 5.82 Å². The predicted molar refractivity (Wildman–Crippen MR) is 104 cm³/mol. The molecule has 0 fully saturated rings. The molecule has 0 aliphatic rings. The van der Waals surface area contributed by atoms with Crippen LogP contribution in [0.15, 0.2) is 66.9 Å². The van der Waals surface area contributed by atoms with Crippen LogP contribution < -0.4 is 10.6 Å². The predicted octanol–water partition coefficient (Wildman–Crippen LogP) is 3.05. The second-order valence-electron chi connectivity index (χ2n) is 5.58. The lowest BCUT2D eigenvalue weighted by atomic mass is 10.2. The minimum absolute atomic E-state index is 0.121. The molecule has 130 valence electrons. The highest BCUT2D eigenvalue weighted by Crippen LogP contribution is 2.19. The maximum atomic E-state index is 8.97. The highest BCUT2D eigenvalue weighted by Gasteiger charge is 2.09. The molecule has 6 nitrogen and oxygen atoms in total. The summed E-state index contributed by atoms with van der Waals surface area (Å²) >= 11 is 0. The van der Waals surface area contributed by atoms with Gasteiger partial charge in [0, 0.05) is 25.2 Å². The van der Waals surface area contributed by atoms with Crippen LogP contribution in [0.1, 0.15) is 11.1 Å². The number of anilines is 1. The van der Waals surface area contributed by atoms with E-state index in [0.717, 1.165) is 11.1 Å². The average Bonchev–Trinajstić information content (AvgIpc) is 2.69. The van der Waals surface area contributed by atoms with E-state index < -0.39 is 0 Å². The van der Waals surface area contributed by atoms with Gasteiger partial charge in [-0.3, -0.25) is 5.41 Å². The summed E-state index contributed by atoms with van der Waals surface area (Å²) in [5, 5.41) is 16.0. The van der Waals surface area contributed by atoms with Gasteiger partial charge in [-0.1, -0.05) is 60.7 Å². The molecule has 0 unspecified atom stereocenters. The van der Waals surface area contributed by atoms with Crippen molar-refractivity contribution in [1.82, 2.24) is 9.97 Å². The number of aromatic nitrogens is 2. The summed E-state index contributed by atoms with van der Waals surface area (Å²) in [7, 11) is 3.72. The van der Waals surface area contributed by atoms with E-state index in [-0.39, 0.29) is 5.84 Å². The quantitative estimate of drug-likeness (QED) is 0.561. The van der Waals surface area contributed by atoms with Crippen LogP contribution >= 0.6 is 0 Å². The van der Waals surface area contributed by atoms with E-state index in [0.29, 0.717) is 17.2 Å². The summed E-state index contributed by atoms with van der Waals surface area (Å²) in [5.74, 6) is 1.39. The average molecular weight is 344 g/mol. The number of hydrogen-bond donors (Lipinski definition) is 2. The van der Waals surface area contributed by atoms with Gasteiger partial charge in [0.25, 0.3) is 0 Å². The molecule has 0 amide bonds. The summed E-state index contributed by atoms with van der Waals surface area (Å²) in [5.41, 5.74) is 7.40. The van der Waals surface area contributed by atoms with Crippen LogP contribution in [0.4, 0.5) is 5.82 Å². The topological polar surface area (TPSA) is 103 Å². The van der Waals surface area contributed by atoms with Crippen molar-refractivity contribution < 1.29 is 0 Å². The molecule has 6 heteroatoms. The Bertz CT molecular complexity index is 899. The first kappa shape index (κ1) is 18.6. The van der Waals surface area contributed by atoms with E-state index >= 15 is 0 Å². The van der Waals surface area contributed by atoms with E-state index in [9.17, 15) is 0 Å².